The zero-order valence-corrected chi connectivity index (χ0v) is 35.4. The molecule has 0 unspecified atom stereocenters. The van der Waals surface area contributed by atoms with E-state index in [1.807, 2.05) is 12.2 Å². The molecule has 328 valence electrons. The Kier molecular flexibility index (Phi) is 22.3. The highest BCUT2D eigenvalue weighted by Crippen LogP contribution is 2.31. The van der Waals surface area contributed by atoms with Gasteiger partial charge in [0.05, 0.1) is 77.0 Å². The van der Waals surface area contributed by atoms with Gasteiger partial charge in [0.1, 0.15) is 0 Å². The molecule has 18 heteroatoms. The van der Waals surface area contributed by atoms with E-state index >= 15 is 0 Å². The van der Waals surface area contributed by atoms with E-state index in [4.69, 9.17) is 39.7 Å². The van der Waals surface area contributed by atoms with Gasteiger partial charge in [-0.05, 0) is 82.8 Å². The highest BCUT2D eigenvalue weighted by atomic mass is 16.5. The van der Waals surface area contributed by atoms with Crippen molar-refractivity contribution in [3.05, 3.63) is 33.7 Å². The Morgan fingerprint density at radius 2 is 1.24 bits per heavy atom. The second kappa shape index (κ2) is 26.5. The predicted octanol–water partition coefficient (Wildman–Crippen LogP) is 2.26. The smallest absolute Gasteiger partial charge is 0.333 e. The number of esters is 2. The molecule has 2 aliphatic carbocycles. The summed E-state index contributed by atoms with van der Waals surface area (Å²) in [4.78, 5) is 55.8. The summed E-state index contributed by atoms with van der Waals surface area (Å²) in [7, 11) is 3.30. The second-order valence-corrected chi connectivity index (χ2v) is 15.2. The first-order chi connectivity index (χ1) is 27.9. The van der Waals surface area contributed by atoms with E-state index in [0.29, 0.717) is 75.7 Å². The normalized spacial score (nSPS) is 27.7. The molecule has 4 rings (SSSR count). The maximum absolute atomic E-state index is 12.4. The van der Waals surface area contributed by atoms with Crippen LogP contribution < -0.4 is 16.4 Å². The van der Waals surface area contributed by atoms with Crippen molar-refractivity contribution in [2.24, 2.45) is 22.7 Å². The van der Waals surface area contributed by atoms with Crippen LogP contribution in [0, 0.1) is 11.8 Å². The van der Waals surface area contributed by atoms with Crippen LogP contribution in [0.25, 0.3) is 10.4 Å². The van der Waals surface area contributed by atoms with Crippen LogP contribution in [0.15, 0.2) is 28.4 Å². The van der Waals surface area contributed by atoms with Crippen LogP contribution in [0.2, 0.25) is 0 Å². The molecule has 2 fully saturated rings. The number of nitrogens with one attached hydrogen (secondary N) is 2. The Morgan fingerprint density at radius 3 is 1.69 bits per heavy atom. The van der Waals surface area contributed by atoms with Crippen LogP contribution >= 0.6 is 0 Å². The molecule has 0 saturated carbocycles. The van der Waals surface area contributed by atoms with Gasteiger partial charge in [0.25, 0.3) is 0 Å². The van der Waals surface area contributed by atoms with Crippen molar-refractivity contribution in [3.8, 4) is 0 Å². The molecule has 0 aromatic rings. The number of rotatable bonds is 19. The van der Waals surface area contributed by atoms with Gasteiger partial charge in [0.2, 0.25) is 11.8 Å². The number of hydrogen-bond acceptors (Lipinski definition) is 14. The number of amides is 2. The Morgan fingerprint density at radius 1 is 0.776 bits per heavy atom. The first-order valence-corrected chi connectivity index (χ1v) is 20.7. The zero-order chi connectivity index (χ0) is 42.5. The number of carbonyl (C=O) groups is 4. The predicted molar refractivity (Wildman–Crippen MR) is 216 cm³/mol. The SMILES string of the molecule is CCOC(=O)C1=C[C@@H](N2CCC[C@@H](COCCOC)C2)[C@H](NC(C)=O)[C@@H](N)C1.CCOC(=O)C1=C[C@@H](N2CCC[C@@H](COCCOC)C2)[C@H](NC(C)=O)[C@@H](N=[N+]=[N-])C1. The second-order valence-electron chi connectivity index (χ2n) is 15.2. The lowest BCUT2D eigenvalue weighted by Crippen LogP contribution is -2.62. The average molecular weight is 821 g/mol. The van der Waals surface area contributed by atoms with Gasteiger partial charge in [-0.2, -0.15) is 0 Å². The van der Waals surface area contributed by atoms with Gasteiger partial charge in [-0.1, -0.05) is 17.3 Å². The van der Waals surface area contributed by atoms with E-state index in [0.717, 1.165) is 51.9 Å². The van der Waals surface area contributed by atoms with Crippen molar-refractivity contribution >= 4 is 23.8 Å². The number of likely N-dealkylation sites (tertiary alicyclic amines) is 2. The molecule has 8 atom stereocenters. The number of azide groups is 1. The maximum atomic E-state index is 12.4. The summed E-state index contributed by atoms with van der Waals surface area (Å²) in [5.74, 6) is -0.296. The topological polar surface area (TPSA) is 229 Å². The van der Waals surface area contributed by atoms with Gasteiger partial charge in [0.15, 0.2) is 0 Å². The molecule has 0 bridgehead atoms. The number of hydrogen-bond donors (Lipinski definition) is 3. The Labute approximate surface area is 343 Å². The highest BCUT2D eigenvalue weighted by molar-refractivity contribution is 5.89. The number of nitrogens with zero attached hydrogens (tertiary/aromatic N) is 5. The summed E-state index contributed by atoms with van der Waals surface area (Å²) in [6, 6.07) is -1.94. The van der Waals surface area contributed by atoms with Gasteiger partial charge >= 0.3 is 11.9 Å². The summed E-state index contributed by atoms with van der Waals surface area (Å²) in [5.41, 5.74) is 16.5. The van der Waals surface area contributed by atoms with Crippen LogP contribution in [0.1, 0.15) is 66.2 Å². The van der Waals surface area contributed by atoms with E-state index in [9.17, 15) is 19.2 Å². The molecule has 4 N–H and O–H groups in total. The molecule has 18 nitrogen and oxygen atoms in total. The molecular weight excluding hydrogens is 752 g/mol. The third-order valence-corrected chi connectivity index (χ3v) is 10.8. The minimum Gasteiger partial charge on any atom is -0.463 e. The Hall–Kier alpha value is -3.61. The van der Waals surface area contributed by atoms with Crippen molar-refractivity contribution in [1.82, 2.24) is 20.4 Å². The molecule has 2 heterocycles. The van der Waals surface area contributed by atoms with Crippen molar-refractivity contribution in [2.75, 3.05) is 93.3 Å². The summed E-state index contributed by atoms with van der Waals surface area (Å²) in [6.07, 6.45) is 8.62. The van der Waals surface area contributed by atoms with E-state index in [2.05, 4.69) is 30.5 Å². The van der Waals surface area contributed by atoms with E-state index in [-0.39, 0.29) is 55.0 Å². The van der Waals surface area contributed by atoms with Gasteiger partial charge in [-0.3, -0.25) is 19.4 Å². The van der Waals surface area contributed by atoms with Gasteiger partial charge in [-0.15, -0.1) is 0 Å². The van der Waals surface area contributed by atoms with Crippen molar-refractivity contribution in [2.45, 2.75) is 102 Å². The molecule has 2 saturated heterocycles. The molecule has 58 heavy (non-hydrogen) atoms. The van der Waals surface area contributed by atoms with Crippen LogP contribution in [-0.2, 0) is 47.6 Å². The number of methoxy groups -OCH3 is 2. The summed E-state index contributed by atoms with van der Waals surface area (Å²) >= 11 is 0. The largest absolute Gasteiger partial charge is 0.463 e. The van der Waals surface area contributed by atoms with Gasteiger partial charge in [0, 0.05) is 69.3 Å². The summed E-state index contributed by atoms with van der Waals surface area (Å²) in [6.45, 7) is 14.0. The number of nitrogens with two attached hydrogens (primary N) is 1. The van der Waals surface area contributed by atoms with Crippen LogP contribution in [0.5, 0.6) is 0 Å². The quantitative estimate of drug-likeness (QED) is 0.0559. The lowest BCUT2D eigenvalue weighted by Gasteiger charge is -2.44. The standard InChI is InChI=1S/C20H33N5O5.C20H35N3O5/c1-4-30-20(27)16-10-17(23-24-21)19(22-14(2)26)18(11-16)25-7-5-6-15(12-25)13-29-9-8-28-3;1-4-28-20(25)16-10-17(21)19(22-14(2)24)18(11-16)23-7-5-6-15(12-23)13-27-9-8-26-3/h11,15,17-19H,4-10,12-13H2,1-3H3,(H,22,26);11,15,17-19H,4-10,12-13,21H2,1-3H3,(H,22,24)/t2*15-,17+,18-,19-/m11/s1. The van der Waals surface area contributed by atoms with Crippen LogP contribution in [0.4, 0.5) is 0 Å². The molecule has 2 amide bonds. The zero-order valence-electron chi connectivity index (χ0n) is 35.4. The lowest BCUT2D eigenvalue weighted by molar-refractivity contribution is -0.139. The summed E-state index contributed by atoms with van der Waals surface area (Å²) in [5, 5.41) is 9.83. The minimum absolute atomic E-state index is 0.116. The monoisotopic (exact) mass is 821 g/mol. The minimum atomic E-state index is -0.563. The fraction of sp³-hybridized carbons (Fsp3) is 0.800. The number of carbonyl (C=O) groups excluding carboxylic acids is 4. The van der Waals surface area contributed by atoms with E-state index in [1.54, 1.807) is 28.1 Å². The average Bonchev–Trinajstić information content (AvgIpc) is 3.20. The third-order valence-electron chi connectivity index (χ3n) is 10.8. The number of ether oxygens (including phenoxy) is 6. The first kappa shape index (κ1) is 48.8. The molecule has 4 aliphatic rings. The molecule has 0 spiro atoms. The van der Waals surface area contributed by atoms with Crippen LogP contribution in [0.3, 0.4) is 0 Å². The Bertz CT molecular complexity index is 1430. The molecule has 0 aromatic heterocycles. The third kappa shape index (κ3) is 15.9. The molecule has 2 aliphatic heterocycles. The lowest BCUT2D eigenvalue weighted by atomic mass is 9.84. The fourth-order valence-corrected chi connectivity index (χ4v) is 8.20. The van der Waals surface area contributed by atoms with E-state index in [1.165, 1.54) is 13.8 Å². The number of piperidine rings is 2. The maximum Gasteiger partial charge on any atom is 0.333 e. The van der Waals surface area contributed by atoms with Crippen molar-refractivity contribution < 1.29 is 47.6 Å². The van der Waals surface area contributed by atoms with Crippen LogP contribution in [-0.4, -0.2) is 163 Å². The highest BCUT2D eigenvalue weighted by Gasteiger charge is 2.41. The summed E-state index contributed by atoms with van der Waals surface area (Å²) < 4.78 is 31.8. The van der Waals surface area contributed by atoms with Crippen molar-refractivity contribution in [1.29, 1.82) is 0 Å². The van der Waals surface area contributed by atoms with E-state index < -0.39 is 18.1 Å². The Balaban J connectivity index is 0.000000311. The molecule has 0 aromatic carbocycles. The van der Waals surface area contributed by atoms with Crippen molar-refractivity contribution in [3.63, 3.8) is 0 Å². The van der Waals surface area contributed by atoms with Gasteiger partial charge in [-0.25, -0.2) is 9.59 Å². The molecular formula is C40H68N8O10. The first-order valence-electron chi connectivity index (χ1n) is 20.7. The fourth-order valence-electron chi connectivity index (χ4n) is 8.20. The van der Waals surface area contributed by atoms with Gasteiger partial charge < -0.3 is 44.8 Å². The molecule has 0 radical (unpaired) electrons.